The van der Waals surface area contributed by atoms with Gasteiger partial charge in [-0.2, -0.15) is 13.2 Å². The summed E-state index contributed by atoms with van der Waals surface area (Å²) in [5.74, 6) is 0.303. The maximum absolute atomic E-state index is 13.1. The van der Waals surface area contributed by atoms with E-state index in [4.69, 9.17) is 4.74 Å². The van der Waals surface area contributed by atoms with Crippen LogP contribution in [0.25, 0.3) is 0 Å². The molecule has 1 fully saturated rings. The van der Waals surface area contributed by atoms with Crippen LogP contribution in [-0.4, -0.2) is 43.0 Å². The van der Waals surface area contributed by atoms with Gasteiger partial charge in [0.15, 0.2) is 0 Å². The predicted molar refractivity (Wildman–Crippen MR) is 109 cm³/mol. The van der Waals surface area contributed by atoms with Gasteiger partial charge in [-0.1, -0.05) is 39.3 Å². The summed E-state index contributed by atoms with van der Waals surface area (Å²) < 4.78 is 45.1. The minimum absolute atomic E-state index is 0.00131. The fourth-order valence-corrected chi connectivity index (χ4v) is 3.93. The molecule has 3 atom stereocenters. The Hall–Kier alpha value is -2.09. The van der Waals surface area contributed by atoms with Gasteiger partial charge in [-0.05, 0) is 42.7 Å². The number of halogens is 3. The zero-order valence-corrected chi connectivity index (χ0v) is 18.0. The molecule has 1 aromatic rings. The molecule has 1 N–H and O–H groups in total. The molecule has 0 heterocycles. The first kappa shape index (κ1) is 24.2. The Morgan fingerprint density at radius 2 is 1.90 bits per heavy atom. The van der Waals surface area contributed by atoms with Crippen molar-refractivity contribution < 1.29 is 27.5 Å². The number of hydrogen-bond donors (Lipinski definition) is 1. The van der Waals surface area contributed by atoms with Gasteiger partial charge in [0.2, 0.25) is 11.8 Å². The zero-order chi connectivity index (χ0) is 22.5. The van der Waals surface area contributed by atoms with Crippen LogP contribution in [0.5, 0.6) is 0 Å². The number of alkyl halides is 3. The summed E-state index contributed by atoms with van der Waals surface area (Å²) >= 11 is 0. The predicted octanol–water partition coefficient (Wildman–Crippen LogP) is 4.58. The van der Waals surface area contributed by atoms with Crippen LogP contribution >= 0.6 is 0 Å². The van der Waals surface area contributed by atoms with Crippen LogP contribution in [0.2, 0.25) is 0 Å². The highest BCUT2D eigenvalue weighted by Gasteiger charge is 2.34. The normalized spacial score (nSPS) is 22.1. The van der Waals surface area contributed by atoms with Gasteiger partial charge in [-0.3, -0.25) is 9.59 Å². The van der Waals surface area contributed by atoms with Crippen molar-refractivity contribution in [3.63, 3.8) is 0 Å². The monoisotopic (exact) mass is 428 g/mol. The fourth-order valence-electron chi connectivity index (χ4n) is 3.93. The first-order chi connectivity index (χ1) is 14.0. The van der Waals surface area contributed by atoms with Gasteiger partial charge in [0.05, 0.1) is 23.9 Å². The average molecular weight is 428 g/mol. The SMILES string of the molecule is CC(C)[C@H]1CC[C@@H](C)C[C@H]1OCC(=O)N(C)CC(=O)Nc1ccccc1C(F)(F)F. The Bertz CT molecular complexity index is 737. The fraction of sp³-hybridized carbons (Fsp3) is 0.636. The second kappa shape index (κ2) is 10.3. The molecule has 1 aliphatic carbocycles. The van der Waals surface area contributed by atoms with E-state index >= 15 is 0 Å². The molecule has 0 aliphatic heterocycles. The van der Waals surface area contributed by atoms with Gasteiger partial charge in [-0.15, -0.1) is 0 Å². The number of ether oxygens (including phenoxy) is 1. The lowest BCUT2D eigenvalue weighted by atomic mass is 9.75. The molecule has 0 spiro atoms. The van der Waals surface area contributed by atoms with Crippen molar-refractivity contribution in [3.8, 4) is 0 Å². The standard InChI is InChI=1S/C22H31F3N2O3/c1-14(2)16-10-9-15(3)11-19(16)30-13-21(29)27(4)12-20(28)26-18-8-6-5-7-17(18)22(23,24)25/h5-8,14-16,19H,9-13H2,1-4H3,(H,26,28)/t15-,16-,19-/m1/s1. The summed E-state index contributed by atoms with van der Waals surface area (Å²) in [4.78, 5) is 25.8. The number of para-hydroxylation sites is 1. The Labute approximate surface area is 176 Å². The van der Waals surface area contributed by atoms with E-state index in [0.717, 1.165) is 25.3 Å². The molecule has 168 valence electrons. The Balaban J connectivity index is 1.89. The minimum atomic E-state index is -4.58. The smallest absolute Gasteiger partial charge is 0.368 e. The quantitative estimate of drug-likeness (QED) is 0.692. The zero-order valence-electron chi connectivity index (χ0n) is 18.0. The van der Waals surface area contributed by atoms with Crippen LogP contribution in [0.15, 0.2) is 24.3 Å². The molecule has 8 heteroatoms. The number of rotatable bonds is 7. The van der Waals surface area contributed by atoms with Crippen molar-refractivity contribution in [2.45, 2.75) is 52.3 Å². The van der Waals surface area contributed by atoms with Gasteiger partial charge in [0.25, 0.3) is 0 Å². The van der Waals surface area contributed by atoms with Crippen LogP contribution in [0.1, 0.15) is 45.6 Å². The number of nitrogens with zero attached hydrogens (tertiary/aromatic N) is 1. The molecule has 2 rings (SSSR count). The molecule has 0 unspecified atom stereocenters. The van der Waals surface area contributed by atoms with Gasteiger partial charge >= 0.3 is 6.18 Å². The maximum Gasteiger partial charge on any atom is 0.418 e. The minimum Gasteiger partial charge on any atom is -0.368 e. The molecule has 5 nitrogen and oxygen atoms in total. The van der Waals surface area contributed by atoms with Gasteiger partial charge in [0, 0.05) is 7.05 Å². The largest absolute Gasteiger partial charge is 0.418 e. The summed E-state index contributed by atoms with van der Waals surface area (Å²) in [7, 11) is 1.43. The van der Waals surface area contributed by atoms with Crippen molar-refractivity contribution in [2.75, 3.05) is 25.5 Å². The van der Waals surface area contributed by atoms with Crippen molar-refractivity contribution in [3.05, 3.63) is 29.8 Å². The lowest BCUT2D eigenvalue weighted by Crippen LogP contribution is -2.40. The van der Waals surface area contributed by atoms with E-state index in [1.54, 1.807) is 0 Å². The van der Waals surface area contributed by atoms with Crippen molar-refractivity contribution >= 4 is 17.5 Å². The molecule has 1 aliphatic rings. The van der Waals surface area contributed by atoms with E-state index < -0.39 is 17.6 Å². The van der Waals surface area contributed by atoms with Crippen molar-refractivity contribution in [1.82, 2.24) is 4.90 Å². The van der Waals surface area contributed by atoms with E-state index in [1.165, 1.54) is 30.1 Å². The summed E-state index contributed by atoms with van der Waals surface area (Å²) in [5.41, 5.74) is -1.26. The summed E-state index contributed by atoms with van der Waals surface area (Å²) in [6.07, 6.45) is -1.47. The molecule has 1 saturated carbocycles. The third-order valence-electron chi connectivity index (χ3n) is 5.70. The number of hydrogen-bond acceptors (Lipinski definition) is 3. The van der Waals surface area contributed by atoms with E-state index in [0.29, 0.717) is 17.8 Å². The molecular formula is C22H31F3N2O3. The molecule has 0 saturated heterocycles. The number of anilines is 1. The number of benzene rings is 1. The third kappa shape index (κ3) is 6.72. The second-order valence-electron chi connectivity index (χ2n) is 8.52. The van der Waals surface area contributed by atoms with Crippen molar-refractivity contribution in [1.29, 1.82) is 0 Å². The van der Waals surface area contributed by atoms with Gasteiger partial charge < -0.3 is 15.0 Å². The number of nitrogens with one attached hydrogen (secondary N) is 1. The Morgan fingerprint density at radius 3 is 2.53 bits per heavy atom. The number of carbonyl (C=O) groups is 2. The van der Waals surface area contributed by atoms with Crippen LogP contribution < -0.4 is 5.32 Å². The summed E-state index contributed by atoms with van der Waals surface area (Å²) in [6.45, 7) is 5.96. The lowest BCUT2D eigenvalue weighted by Gasteiger charge is -2.37. The lowest BCUT2D eigenvalue weighted by molar-refractivity contribution is -0.142. The van der Waals surface area contributed by atoms with Crippen LogP contribution in [-0.2, 0) is 20.5 Å². The Kier molecular flexibility index (Phi) is 8.29. The van der Waals surface area contributed by atoms with Gasteiger partial charge in [0.1, 0.15) is 6.61 Å². The van der Waals surface area contributed by atoms with E-state index in [9.17, 15) is 22.8 Å². The van der Waals surface area contributed by atoms with E-state index in [2.05, 4.69) is 26.1 Å². The third-order valence-corrected chi connectivity index (χ3v) is 5.70. The van der Waals surface area contributed by atoms with Gasteiger partial charge in [-0.25, -0.2) is 0 Å². The van der Waals surface area contributed by atoms with E-state index in [1.807, 2.05) is 0 Å². The second-order valence-corrected chi connectivity index (χ2v) is 8.52. The average Bonchev–Trinajstić information content (AvgIpc) is 2.65. The molecule has 0 radical (unpaired) electrons. The van der Waals surface area contributed by atoms with Crippen LogP contribution in [0.4, 0.5) is 18.9 Å². The highest BCUT2D eigenvalue weighted by atomic mass is 19.4. The van der Waals surface area contributed by atoms with Crippen molar-refractivity contribution in [2.24, 2.45) is 17.8 Å². The van der Waals surface area contributed by atoms with Crippen LogP contribution in [0.3, 0.4) is 0 Å². The highest BCUT2D eigenvalue weighted by Crippen LogP contribution is 2.36. The molecular weight excluding hydrogens is 397 g/mol. The molecule has 2 amide bonds. The topological polar surface area (TPSA) is 58.6 Å². The number of likely N-dealkylation sites (N-methyl/N-ethyl adjacent to an activating group) is 1. The maximum atomic E-state index is 13.1. The molecule has 30 heavy (non-hydrogen) atoms. The summed E-state index contributed by atoms with van der Waals surface area (Å²) in [6, 6.07) is 4.74. The summed E-state index contributed by atoms with van der Waals surface area (Å²) in [5, 5.41) is 2.24. The number of carbonyl (C=O) groups excluding carboxylic acids is 2. The Morgan fingerprint density at radius 1 is 1.23 bits per heavy atom. The number of amides is 2. The van der Waals surface area contributed by atoms with Crippen LogP contribution in [0, 0.1) is 17.8 Å². The molecule has 1 aromatic carbocycles. The molecule has 0 bridgehead atoms. The van der Waals surface area contributed by atoms with E-state index in [-0.39, 0.29) is 30.9 Å². The highest BCUT2D eigenvalue weighted by molar-refractivity contribution is 5.95. The molecule has 0 aromatic heterocycles. The first-order valence-electron chi connectivity index (χ1n) is 10.3. The first-order valence-corrected chi connectivity index (χ1v) is 10.3.